The van der Waals surface area contributed by atoms with Crippen LogP contribution >= 0.6 is 0 Å². The lowest BCUT2D eigenvalue weighted by Crippen LogP contribution is -2.36. The summed E-state index contributed by atoms with van der Waals surface area (Å²) in [5.41, 5.74) is 8.44. The Hall–Kier alpha value is -5.80. The monoisotopic (exact) mass is 730 g/mol. The summed E-state index contributed by atoms with van der Waals surface area (Å²) in [6, 6.07) is 14.1. The van der Waals surface area contributed by atoms with E-state index in [0.717, 1.165) is 56.9 Å². The maximum absolute atomic E-state index is 11.9. The second kappa shape index (κ2) is 19.2. The van der Waals surface area contributed by atoms with Gasteiger partial charge in [-0.1, -0.05) is 85.3 Å². The number of hydrogen-bond donors (Lipinski definition) is 3. The Morgan fingerprint density at radius 3 is 2.06 bits per heavy atom. The van der Waals surface area contributed by atoms with Gasteiger partial charge in [0.15, 0.2) is 6.10 Å². The van der Waals surface area contributed by atoms with Crippen molar-refractivity contribution in [2.75, 3.05) is 7.11 Å². The highest BCUT2D eigenvalue weighted by Crippen LogP contribution is 2.36. The molecule has 53 heavy (non-hydrogen) atoms. The van der Waals surface area contributed by atoms with Gasteiger partial charge in [-0.25, -0.2) is 28.5 Å². The molecule has 2 aliphatic rings. The van der Waals surface area contributed by atoms with Crippen LogP contribution in [0.5, 0.6) is 0 Å². The normalized spacial score (nSPS) is 15.3. The molecule has 0 saturated heterocycles. The lowest BCUT2D eigenvalue weighted by atomic mass is 9.84. The van der Waals surface area contributed by atoms with E-state index in [4.69, 9.17) is 19.9 Å². The average Bonchev–Trinajstić information content (AvgIpc) is 3.83. The van der Waals surface area contributed by atoms with E-state index in [1.54, 1.807) is 58.2 Å². The number of ether oxygens (including phenoxy) is 3. The molecule has 282 valence electrons. The van der Waals surface area contributed by atoms with E-state index in [2.05, 4.69) is 25.9 Å². The van der Waals surface area contributed by atoms with Crippen molar-refractivity contribution in [3.8, 4) is 0 Å². The van der Waals surface area contributed by atoms with Crippen molar-refractivity contribution < 1.29 is 38.5 Å². The van der Waals surface area contributed by atoms with Crippen LogP contribution < -0.4 is 11.1 Å². The minimum atomic E-state index is -0.988. The molecule has 2 amide bonds. The van der Waals surface area contributed by atoms with Crippen molar-refractivity contribution in [1.29, 1.82) is 0 Å². The van der Waals surface area contributed by atoms with E-state index >= 15 is 0 Å². The van der Waals surface area contributed by atoms with Crippen molar-refractivity contribution in [1.82, 2.24) is 35.3 Å². The van der Waals surface area contributed by atoms with Crippen molar-refractivity contribution in [3.63, 3.8) is 0 Å². The molecule has 2 aromatic heterocycles. The fourth-order valence-corrected chi connectivity index (χ4v) is 6.74. The number of benzene rings is 2. The van der Waals surface area contributed by atoms with Crippen LogP contribution in [0.3, 0.4) is 0 Å². The number of carbonyl (C=O) groups is 4. The molecule has 2 saturated carbocycles. The number of alkyl carbamates (subject to hydrolysis) is 1. The fourth-order valence-electron chi connectivity index (χ4n) is 6.74. The summed E-state index contributed by atoms with van der Waals surface area (Å²) in [5, 5.41) is 28.5. The number of nitrogens with one attached hydrogen (secondary N) is 1. The summed E-state index contributed by atoms with van der Waals surface area (Å²) in [5.74, 6) is -1.21. The number of amides is 2. The highest BCUT2D eigenvalue weighted by atomic mass is 16.6. The van der Waals surface area contributed by atoms with Gasteiger partial charge < -0.3 is 30.4 Å². The molecule has 1 atom stereocenters. The number of primary amides is 1. The summed E-state index contributed by atoms with van der Waals surface area (Å²) >= 11 is 0. The quantitative estimate of drug-likeness (QED) is 0.123. The maximum Gasteiger partial charge on any atom is 0.407 e. The molecule has 2 fully saturated rings. The van der Waals surface area contributed by atoms with Crippen LogP contribution in [0.4, 0.5) is 9.59 Å². The summed E-state index contributed by atoms with van der Waals surface area (Å²) in [7, 11) is 1.35. The zero-order chi connectivity index (χ0) is 37.6. The zero-order valence-electron chi connectivity index (χ0n) is 29.8. The minimum Gasteiger partial charge on any atom is -0.478 e. The van der Waals surface area contributed by atoms with Gasteiger partial charge in [-0.3, -0.25) is 0 Å². The molecule has 2 aromatic carbocycles. The first-order valence-electron chi connectivity index (χ1n) is 17.9. The highest BCUT2D eigenvalue weighted by Gasteiger charge is 2.30. The minimum absolute atomic E-state index is 0.0528. The van der Waals surface area contributed by atoms with Gasteiger partial charge in [-0.05, 0) is 48.9 Å². The number of rotatable bonds is 12. The molecule has 0 aliphatic heterocycles. The lowest BCUT2D eigenvalue weighted by Gasteiger charge is -2.27. The van der Waals surface area contributed by atoms with Crippen molar-refractivity contribution in [2.24, 2.45) is 11.7 Å². The number of aromatic carboxylic acids is 1. The number of carboxylic acids is 1. The first-order chi connectivity index (χ1) is 25.7. The van der Waals surface area contributed by atoms with Gasteiger partial charge in [0, 0.05) is 12.0 Å². The van der Waals surface area contributed by atoms with E-state index in [1.165, 1.54) is 20.0 Å². The second-order valence-electron chi connectivity index (χ2n) is 13.2. The standard InChI is InChI=1S/C19H24N4O4.C18H22N4O4/c1-26-18(24)17-10-6-5-7-14(17)11-23-12-16(21-22-23)13-27-19(25)20-15-8-3-2-4-9-15;19-18(25)26-16(12-6-2-1-3-7-12)15-11-22(21-20-15)10-13-8-4-5-9-14(13)17(23)24/h5-7,10,12,15H,2-4,8-9,11,13H2,1H3,(H,20,25);4-5,8-9,11-12,16H,1-3,6-7,10H2,(H2,19,25)(H,23,24). The van der Waals surface area contributed by atoms with E-state index in [1.807, 2.05) is 12.1 Å². The molecule has 2 aliphatic carbocycles. The molecule has 1 unspecified atom stereocenters. The molecule has 16 nitrogen and oxygen atoms in total. The SMILES string of the molecule is COC(=O)c1ccccc1Cn1cc(COC(=O)NC2CCCCC2)nn1.NC(=O)OC(c1cn(Cc2ccccc2C(=O)O)nn1)C1CCCCC1. The Labute approximate surface area is 307 Å². The smallest absolute Gasteiger partial charge is 0.407 e. The topological polar surface area (TPSA) is 216 Å². The van der Waals surface area contributed by atoms with Gasteiger partial charge in [-0.15, -0.1) is 10.2 Å². The number of nitrogens with zero attached hydrogens (tertiary/aromatic N) is 6. The van der Waals surface area contributed by atoms with Crippen molar-refractivity contribution in [3.05, 3.63) is 94.6 Å². The molecule has 4 aromatic rings. The predicted octanol–water partition coefficient (Wildman–Crippen LogP) is 5.41. The number of carboxylic acid groups (broad SMARTS) is 1. The van der Waals surface area contributed by atoms with Crippen LogP contribution in [0.15, 0.2) is 60.9 Å². The van der Waals surface area contributed by atoms with Crippen LogP contribution in [0.1, 0.15) is 114 Å². The molecule has 6 rings (SSSR count). The summed E-state index contributed by atoms with van der Waals surface area (Å²) in [6.07, 6.45) is 12.4. The molecule has 4 N–H and O–H groups in total. The van der Waals surface area contributed by atoms with Gasteiger partial charge in [0.05, 0.1) is 43.7 Å². The number of esters is 1. The van der Waals surface area contributed by atoms with Crippen molar-refractivity contribution >= 4 is 24.1 Å². The molecular formula is C37H46N8O8. The molecule has 0 spiro atoms. The maximum atomic E-state index is 11.9. The number of carbonyl (C=O) groups excluding carboxylic acids is 3. The van der Waals surface area contributed by atoms with Crippen LogP contribution in [-0.4, -0.2) is 72.4 Å². The first-order valence-corrected chi connectivity index (χ1v) is 17.9. The summed E-state index contributed by atoms with van der Waals surface area (Å²) in [6.45, 7) is 0.688. The Balaban J connectivity index is 0.000000204. The molecular weight excluding hydrogens is 684 g/mol. The fraction of sp³-hybridized carbons (Fsp3) is 0.459. The van der Waals surface area contributed by atoms with Gasteiger partial charge in [0.25, 0.3) is 0 Å². The van der Waals surface area contributed by atoms with Crippen LogP contribution in [0.25, 0.3) is 0 Å². The Morgan fingerprint density at radius 1 is 0.830 bits per heavy atom. The summed E-state index contributed by atoms with van der Waals surface area (Å²) in [4.78, 5) is 46.4. The average molecular weight is 731 g/mol. The first kappa shape index (κ1) is 38.4. The Bertz CT molecular complexity index is 1830. The van der Waals surface area contributed by atoms with Crippen LogP contribution in [-0.2, 0) is 33.9 Å². The number of methoxy groups -OCH3 is 1. The largest absolute Gasteiger partial charge is 0.478 e. The molecule has 2 heterocycles. The van der Waals surface area contributed by atoms with E-state index in [9.17, 15) is 24.3 Å². The van der Waals surface area contributed by atoms with Crippen molar-refractivity contribution in [2.45, 2.75) is 96.1 Å². The lowest BCUT2D eigenvalue weighted by molar-refractivity contribution is 0.0505. The third-order valence-electron chi connectivity index (χ3n) is 9.37. The Morgan fingerprint density at radius 2 is 1.42 bits per heavy atom. The third kappa shape index (κ3) is 11.3. The zero-order valence-corrected chi connectivity index (χ0v) is 29.8. The van der Waals surface area contributed by atoms with Gasteiger partial charge in [0.1, 0.15) is 18.0 Å². The number of aromatic nitrogens is 6. The Kier molecular flexibility index (Phi) is 13.9. The predicted molar refractivity (Wildman–Crippen MR) is 190 cm³/mol. The molecule has 0 radical (unpaired) electrons. The van der Waals surface area contributed by atoms with Gasteiger partial charge in [-0.2, -0.15) is 0 Å². The van der Waals surface area contributed by atoms with Gasteiger partial charge in [0.2, 0.25) is 0 Å². The summed E-state index contributed by atoms with van der Waals surface area (Å²) < 4.78 is 18.5. The van der Waals surface area contributed by atoms with E-state index < -0.39 is 30.2 Å². The van der Waals surface area contributed by atoms with E-state index in [-0.39, 0.29) is 30.7 Å². The van der Waals surface area contributed by atoms with E-state index in [0.29, 0.717) is 29.1 Å². The highest BCUT2D eigenvalue weighted by molar-refractivity contribution is 5.91. The second-order valence-corrected chi connectivity index (χ2v) is 13.2. The molecule has 16 heteroatoms. The number of hydrogen-bond acceptors (Lipinski definition) is 11. The molecule has 0 bridgehead atoms. The van der Waals surface area contributed by atoms with Crippen LogP contribution in [0.2, 0.25) is 0 Å². The van der Waals surface area contributed by atoms with Gasteiger partial charge >= 0.3 is 24.1 Å². The van der Waals surface area contributed by atoms with Crippen LogP contribution in [0, 0.1) is 5.92 Å². The third-order valence-corrected chi connectivity index (χ3v) is 9.37. The number of nitrogens with two attached hydrogens (primary N) is 1.